The summed E-state index contributed by atoms with van der Waals surface area (Å²) in [6.07, 6.45) is 12.5. The first kappa shape index (κ1) is 24.7. The second-order valence-electron chi connectivity index (χ2n) is 9.14. The SMILES string of the molecule is CCOc1cc(CC(=O)NCC2C=CC=CC2(c2ccccc2)N2CCCCC2)ccc1C(=O)O. The van der Waals surface area contributed by atoms with Gasteiger partial charge in [0.1, 0.15) is 11.3 Å². The van der Waals surface area contributed by atoms with E-state index in [4.69, 9.17) is 4.74 Å². The van der Waals surface area contributed by atoms with Crippen LogP contribution in [0.1, 0.15) is 47.7 Å². The molecule has 0 saturated carbocycles. The van der Waals surface area contributed by atoms with Crippen molar-refractivity contribution in [1.29, 1.82) is 0 Å². The number of piperidine rings is 1. The van der Waals surface area contributed by atoms with Gasteiger partial charge in [0.25, 0.3) is 0 Å². The van der Waals surface area contributed by atoms with E-state index < -0.39 is 5.97 Å². The molecule has 0 radical (unpaired) electrons. The largest absolute Gasteiger partial charge is 0.493 e. The Labute approximate surface area is 207 Å². The Morgan fingerprint density at radius 1 is 1.09 bits per heavy atom. The lowest BCUT2D eigenvalue weighted by molar-refractivity contribution is -0.120. The van der Waals surface area contributed by atoms with E-state index in [1.54, 1.807) is 19.1 Å². The summed E-state index contributed by atoms with van der Waals surface area (Å²) in [7, 11) is 0. The first-order valence-electron chi connectivity index (χ1n) is 12.5. The normalized spacial score (nSPS) is 22.0. The van der Waals surface area contributed by atoms with E-state index in [9.17, 15) is 14.7 Å². The molecule has 2 aromatic rings. The first-order valence-corrected chi connectivity index (χ1v) is 12.5. The Bertz CT molecular complexity index is 1090. The maximum Gasteiger partial charge on any atom is 0.339 e. The fourth-order valence-corrected chi connectivity index (χ4v) is 5.30. The summed E-state index contributed by atoms with van der Waals surface area (Å²) >= 11 is 0. The molecule has 2 unspecified atom stereocenters. The maximum absolute atomic E-state index is 12.9. The van der Waals surface area contributed by atoms with Crippen LogP contribution in [0.4, 0.5) is 0 Å². The number of ether oxygens (including phenoxy) is 1. The highest BCUT2D eigenvalue weighted by Crippen LogP contribution is 2.42. The number of amides is 1. The van der Waals surface area contributed by atoms with Crippen LogP contribution in [0, 0.1) is 5.92 Å². The third kappa shape index (κ3) is 5.49. The molecule has 6 nitrogen and oxygen atoms in total. The van der Waals surface area contributed by atoms with Crippen molar-refractivity contribution < 1.29 is 19.4 Å². The van der Waals surface area contributed by atoms with Gasteiger partial charge < -0.3 is 15.2 Å². The van der Waals surface area contributed by atoms with Crippen molar-refractivity contribution in [2.24, 2.45) is 5.92 Å². The molecule has 35 heavy (non-hydrogen) atoms. The lowest BCUT2D eigenvalue weighted by Crippen LogP contribution is -2.54. The van der Waals surface area contributed by atoms with Crippen LogP contribution >= 0.6 is 0 Å². The Morgan fingerprint density at radius 2 is 1.86 bits per heavy atom. The minimum Gasteiger partial charge on any atom is -0.493 e. The predicted molar refractivity (Wildman–Crippen MR) is 137 cm³/mol. The number of benzene rings is 2. The summed E-state index contributed by atoms with van der Waals surface area (Å²) in [5.41, 5.74) is 1.77. The zero-order valence-corrected chi connectivity index (χ0v) is 20.3. The number of aromatic carboxylic acids is 1. The monoisotopic (exact) mass is 474 g/mol. The molecule has 6 heteroatoms. The molecular weight excluding hydrogens is 440 g/mol. The molecule has 1 amide bonds. The number of carboxylic acid groups (broad SMARTS) is 1. The van der Waals surface area contributed by atoms with Crippen molar-refractivity contribution in [3.63, 3.8) is 0 Å². The zero-order chi connectivity index (χ0) is 24.7. The highest BCUT2D eigenvalue weighted by molar-refractivity contribution is 5.91. The lowest BCUT2D eigenvalue weighted by atomic mass is 9.73. The molecule has 0 spiro atoms. The van der Waals surface area contributed by atoms with E-state index in [2.05, 4.69) is 58.8 Å². The van der Waals surface area contributed by atoms with Crippen LogP contribution in [-0.4, -0.2) is 48.1 Å². The van der Waals surface area contributed by atoms with Gasteiger partial charge in [0.2, 0.25) is 5.91 Å². The summed E-state index contributed by atoms with van der Waals surface area (Å²) in [6, 6.07) is 15.4. The van der Waals surface area contributed by atoms with E-state index in [0.717, 1.165) is 18.7 Å². The zero-order valence-electron chi connectivity index (χ0n) is 20.3. The standard InChI is InChI=1S/C29H34N2O4/c1-2-35-26-19-22(14-15-25(26)28(33)34)20-27(32)30-21-24-13-7-8-16-29(24,23-11-5-3-6-12-23)31-17-9-4-10-18-31/h3,5-8,11-16,19,24H,2,4,9-10,17-18,20-21H2,1H3,(H,30,32)(H,33,34). The van der Waals surface area contributed by atoms with Gasteiger partial charge in [-0.2, -0.15) is 0 Å². The Hall–Kier alpha value is -3.38. The lowest BCUT2D eigenvalue weighted by Gasteiger charge is -2.49. The van der Waals surface area contributed by atoms with Crippen LogP contribution in [0.15, 0.2) is 72.8 Å². The summed E-state index contributed by atoms with van der Waals surface area (Å²) in [5, 5.41) is 12.5. The number of nitrogens with one attached hydrogen (secondary N) is 1. The molecule has 0 aromatic heterocycles. The molecule has 0 bridgehead atoms. The van der Waals surface area contributed by atoms with Crippen molar-refractivity contribution in [2.75, 3.05) is 26.2 Å². The number of carbonyl (C=O) groups excluding carboxylic acids is 1. The van der Waals surface area contributed by atoms with Crippen LogP contribution < -0.4 is 10.1 Å². The fraction of sp³-hybridized carbons (Fsp3) is 0.379. The van der Waals surface area contributed by atoms with Crippen molar-refractivity contribution >= 4 is 11.9 Å². The second kappa shape index (κ2) is 11.4. The number of hydrogen-bond acceptors (Lipinski definition) is 4. The second-order valence-corrected chi connectivity index (χ2v) is 9.14. The van der Waals surface area contributed by atoms with E-state index >= 15 is 0 Å². The molecular formula is C29H34N2O4. The number of carbonyl (C=O) groups is 2. The Morgan fingerprint density at radius 3 is 2.57 bits per heavy atom. The highest BCUT2D eigenvalue weighted by atomic mass is 16.5. The van der Waals surface area contributed by atoms with E-state index in [1.165, 1.54) is 30.9 Å². The van der Waals surface area contributed by atoms with Crippen LogP contribution in [-0.2, 0) is 16.8 Å². The first-order chi connectivity index (χ1) is 17.0. The van der Waals surface area contributed by atoms with Crippen molar-refractivity contribution in [3.05, 3.63) is 89.5 Å². The molecule has 2 atom stereocenters. The van der Waals surface area contributed by atoms with E-state index in [-0.39, 0.29) is 29.3 Å². The average Bonchev–Trinajstić information content (AvgIpc) is 2.89. The predicted octanol–water partition coefficient (Wildman–Crippen LogP) is 4.57. The molecule has 4 rings (SSSR count). The molecule has 1 aliphatic carbocycles. The van der Waals surface area contributed by atoms with Crippen LogP contribution in [0.25, 0.3) is 0 Å². The topological polar surface area (TPSA) is 78.9 Å². The summed E-state index contributed by atoms with van der Waals surface area (Å²) < 4.78 is 5.48. The minimum atomic E-state index is -1.04. The van der Waals surface area contributed by atoms with Crippen molar-refractivity contribution in [1.82, 2.24) is 10.2 Å². The molecule has 184 valence electrons. The van der Waals surface area contributed by atoms with Crippen molar-refractivity contribution in [3.8, 4) is 5.75 Å². The van der Waals surface area contributed by atoms with E-state index in [1.807, 2.05) is 6.07 Å². The molecule has 2 aromatic carbocycles. The quantitative estimate of drug-likeness (QED) is 0.557. The van der Waals surface area contributed by atoms with Gasteiger partial charge in [-0.15, -0.1) is 0 Å². The Kier molecular flexibility index (Phi) is 8.03. The van der Waals surface area contributed by atoms with Gasteiger partial charge in [-0.05, 0) is 56.1 Å². The summed E-state index contributed by atoms with van der Waals surface area (Å²) in [4.78, 5) is 27.0. The fourth-order valence-electron chi connectivity index (χ4n) is 5.30. The molecule has 1 saturated heterocycles. The number of carboxylic acids is 1. The van der Waals surface area contributed by atoms with Gasteiger partial charge in [-0.3, -0.25) is 9.69 Å². The molecule has 1 aliphatic heterocycles. The van der Waals surface area contributed by atoms with Gasteiger partial charge in [0.05, 0.1) is 18.6 Å². The molecule has 2 N–H and O–H groups in total. The molecule has 1 heterocycles. The average molecular weight is 475 g/mol. The summed E-state index contributed by atoms with van der Waals surface area (Å²) in [6.45, 7) is 4.74. The molecule has 2 aliphatic rings. The number of nitrogens with zero attached hydrogens (tertiary/aromatic N) is 1. The van der Waals surface area contributed by atoms with Crippen LogP contribution in [0.5, 0.6) is 5.75 Å². The van der Waals surface area contributed by atoms with Crippen molar-refractivity contribution in [2.45, 2.75) is 38.1 Å². The number of rotatable bonds is 9. The number of allylic oxidation sites excluding steroid dienone is 2. The van der Waals surface area contributed by atoms with Crippen LogP contribution in [0.2, 0.25) is 0 Å². The number of hydrogen-bond donors (Lipinski definition) is 2. The van der Waals surface area contributed by atoms with E-state index in [0.29, 0.717) is 18.9 Å². The molecule has 1 fully saturated rings. The third-order valence-corrected chi connectivity index (χ3v) is 6.95. The van der Waals surface area contributed by atoms with Crippen LogP contribution in [0.3, 0.4) is 0 Å². The summed E-state index contributed by atoms with van der Waals surface area (Å²) in [5.74, 6) is -0.764. The Balaban J connectivity index is 1.51. The smallest absolute Gasteiger partial charge is 0.339 e. The minimum absolute atomic E-state index is 0.0883. The van der Waals surface area contributed by atoms with Gasteiger partial charge in [0, 0.05) is 12.5 Å². The number of likely N-dealkylation sites (tertiary alicyclic amines) is 1. The third-order valence-electron chi connectivity index (χ3n) is 6.95. The maximum atomic E-state index is 12.9. The van der Waals surface area contributed by atoms with Gasteiger partial charge >= 0.3 is 5.97 Å². The van der Waals surface area contributed by atoms with Gasteiger partial charge in [-0.1, -0.05) is 67.1 Å². The van der Waals surface area contributed by atoms with Gasteiger partial charge in [0.15, 0.2) is 0 Å². The van der Waals surface area contributed by atoms with Gasteiger partial charge in [-0.25, -0.2) is 4.79 Å². The highest BCUT2D eigenvalue weighted by Gasteiger charge is 2.43.